The van der Waals surface area contributed by atoms with E-state index in [1.807, 2.05) is 53.4 Å². The van der Waals surface area contributed by atoms with Gasteiger partial charge in [-0.05, 0) is 37.1 Å². The number of amides is 2. The van der Waals surface area contributed by atoms with Crippen molar-refractivity contribution in [2.24, 2.45) is 0 Å². The molecule has 0 bridgehead atoms. The minimum Gasteiger partial charge on any atom is -0.490 e. The van der Waals surface area contributed by atoms with Crippen LogP contribution in [0.5, 0.6) is 5.75 Å². The Kier molecular flexibility index (Phi) is 5.32. The summed E-state index contributed by atoms with van der Waals surface area (Å²) in [6.07, 6.45) is 2.08. The van der Waals surface area contributed by atoms with E-state index >= 15 is 0 Å². The topological polar surface area (TPSA) is 75.9 Å². The minimum absolute atomic E-state index is 0.0332. The Bertz CT molecular complexity index is 1070. The summed E-state index contributed by atoms with van der Waals surface area (Å²) in [4.78, 5) is 33.6. The van der Waals surface area contributed by atoms with E-state index in [9.17, 15) is 9.59 Å². The average Bonchev–Trinajstić information content (AvgIpc) is 3.26. The second-order valence-electron chi connectivity index (χ2n) is 8.04. The Morgan fingerprint density at radius 1 is 0.935 bits per heavy atom. The number of oxazole rings is 1. The number of rotatable bonds is 4. The lowest BCUT2D eigenvalue weighted by Crippen LogP contribution is -2.40. The van der Waals surface area contributed by atoms with Gasteiger partial charge in [0.2, 0.25) is 11.8 Å². The molecule has 160 valence electrons. The van der Waals surface area contributed by atoms with Crippen LogP contribution in [0.4, 0.5) is 5.69 Å². The second-order valence-corrected chi connectivity index (χ2v) is 8.04. The van der Waals surface area contributed by atoms with Crippen molar-refractivity contribution >= 4 is 28.6 Å². The molecule has 0 spiro atoms. The Labute approximate surface area is 180 Å². The first-order chi connectivity index (χ1) is 15.2. The highest BCUT2D eigenvalue weighted by atomic mass is 16.5. The van der Waals surface area contributed by atoms with E-state index in [-0.39, 0.29) is 30.6 Å². The molecule has 1 aromatic heterocycles. The first-order valence-electron chi connectivity index (χ1n) is 10.8. The molecule has 0 radical (unpaired) electrons. The number of para-hydroxylation sites is 4. The summed E-state index contributed by atoms with van der Waals surface area (Å²) in [7, 11) is 0. The lowest BCUT2D eigenvalue weighted by molar-refractivity contribution is -0.134. The summed E-state index contributed by atoms with van der Waals surface area (Å²) in [5.41, 5.74) is 2.46. The van der Waals surface area contributed by atoms with E-state index in [1.54, 1.807) is 4.90 Å². The number of nitrogens with zero attached hydrogens (tertiary/aromatic N) is 3. The predicted molar refractivity (Wildman–Crippen MR) is 116 cm³/mol. The molecule has 1 saturated heterocycles. The predicted octanol–water partition coefficient (Wildman–Crippen LogP) is 3.74. The van der Waals surface area contributed by atoms with Crippen molar-refractivity contribution in [3.63, 3.8) is 0 Å². The van der Waals surface area contributed by atoms with Crippen molar-refractivity contribution in [2.45, 2.75) is 31.6 Å². The molecule has 3 aromatic rings. The molecule has 3 heterocycles. The number of anilines is 1. The number of carbonyl (C=O) groups excluding carboxylic acids is 2. The van der Waals surface area contributed by atoms with Crippen LogP contribution >= 0.6 is 0 Å². The van der Waals surface area contributed by atoms with Crippen LogP contribution in [-0.2, 0) is 9.59 Å². The van der Waals surface area contributed by atoms with Crippen LogP contribution in [0.25, 0.3) is 11.1 Å². The number of likely N-dealkylation sites (tertiary alicyclic amines) is 1. The Balaban J connectivity index is 1.14. The van der Waals surface area contributed by atoms with Crippen LogP contribution in [-0.4, -0.2) is 47.9 Å². The molecule has 0 atom stereocenters. The number of benzene rings is 2. The van der Waals surface area contributed by atoms with Gasteiger partial charge in [0.1, 0.15) is 17.9 Å². The summed E-state index contributed by atoms with van der Waals surface area (Å²) in [6, 6.07) is 15.3. The zero-order valence-electron chi connectivity index (χ0n) is 17.3. The molecule has 1 fully saturated rings. The summed E-state index contributed by atoms with van der Waals surface area (Å²) < 4.78 is 11.5. The van der Waals surface area contributed by atoms with Crippen LogP contribution in [0.1, 0.15) is 37.5 Å². The SMILES string of the molecule is O=C(CCC(=O)N1CCOc2ccccc21)N1CCC(c2nc3ccccc3o2)CC1. The maximum absolute atomic E-state index is 12.7. The quantitative estimate of drug-likeness (QED) is 0.644. The molecule has 0 unspecified atom stereocenters. The zero-order chi connectivity index (χ0) is 21.2. The van der Waals surface area contributed by atoms with Crippen LogP contribution in [0.2, 0.25) is 0 Å². The van der Waals surface area contributed by atoms with Crippen molar-refractivity contribution in [2.75, 3.05) is 31.1 Å². The molecular weight excluding hydrogens is 394 g/mol. The molecule has 0 aliphatic carbocycles. The number of piperidine rings is 1. The van der Waals surface area contributed by atoms with Gasteiger partial charge in [-0.1, -0.05) is 24.3 Å². The number of hydrogen-bond donors (Lipinski definition) is 0. The van der Waals surface area contributed by atoms with Gasteiger partial charge in [-0.3, -0.25) is 9.59 Å². The Hall–Kier alpha value is -3.35. The van der Waals surface area contributed by atoms with Crippen molar-refractivity contribution in [3.8, 4) is 5.75 Å². The van der Waals surface area contributed by atoms with E-state index in [0.717, 1.165) is 41.3 Å². The summed E-state index contributed by atoms with van der Waals surface area (Å²) in [5.74, 6) is 1.70. The number of hydrogen-bond acceptors (Lipinski definition) is 5. The standard InChI is InChI=1S/C24H25N3O4/c28-22(9-10-23(29)27-15-16-30-21-8-4-2-6-19(21)27)26-13-11-17(12-14-26)24-25-18-5-1-3-7-20(18)31-24/h1-8,17H,9-16H2. The summed E-state index contributed by atoms with van der Waals surface area (Å²) in [5, 5.41) is 0. The van der Waals surface area contributed by atoms with E-state index in [1.165, 1.54) is 0 Å². The number of ether oxygens (including phenoxy) is 1. The van der Waals surface area contributed by atoms with E-state index in [2.05, 4.69) is 4.98 Å². The first-order valence-corrected chi connectivity index (χ1v) is 10.8. The molecule has 2 aliphatic rings. The van der Waals surface area contributed by atoms with E-state index in [4.69, 9.17) is 9.15 Å². The fourth-order valence-corrected chi connectivity index (χ4v) is 4.38. The molecule has 2 aromatic carbocycles. The van der Waals surface area contributed by atoms with Crippen LogP contribution < -0.4 is 9.64 Å². The highest BCUT2D eigenvalue weighted by Crippen LogP contribution is 2.32. The van der Waals surface area contributed by atoms with Gasteiger partial charge in [0.05, 0.1) is 12.2 Å². The van der Waals surface area contributed by atoms with Gasteiger partial charge in [0.25, 0.3) is 0 Å². The van der Waals surface area contributed by atoms with Crippen LogP contribution in [0.3, 0.4) is 0 Å². The van der Waals surface area contributed by atoms with Crippen LogP contribution in [0, 0.1) is 0 Å². The van der Waals surface area contributed by atoms with Gasteiger partial charge >= 0.3 is 0 Å². The summed E-state index contributed by atoms with van der Waals surface area (Å²) >= 11 is 0. The van der Waals surface area contributed by atoms with Gasteiger partial charge < -0.3 is 19.0 Å². The molecule has 7 heteroatoms. The minimum atomic E-state index is -0.0366. The molecule has 0 N–H and O–H groups in total. The highest BCUT2D eigenvalue weighted by Gasteiger charge is 2.28. The second kappa shape index (κ2) is 8.41. The molecule has 2 aliphatic heterocycles. The van der Waals surface area contributed by atoms with E-state index in [0.29, 0.717) is 26.2 Å². The molecular formula is C24H25N3O4. The van der Waals surface area contributed by atoms with Gasteiger partial charge in [0, 0.05) is 31.8 Å². The third-order valence-corrected chi connectivity index (χ3v) is 6.09. The molecule has 0 saturated carbocycles. The van der Waals surface area contributed by atoms with Gasteiger partial charge in [0.15, 0.2) is 11.5 Å². The fraction of sp³-hybridized carbons (Fsp3) is 0.375. The first kappa shape index (κ1) is 19.6. The summed E-state index contributed by atoms with van der Waals surface area (Å²) in [6.45, 7) is 2.31. The number of carbonyl (C=O) groups is 2. The molecule has 7 nitrogen and oxygen atoms in total. The van der Waals surface area contributed by atoms with Gasteiger partial charge in [-0.15, -0.1) is 0 Å². The third-order valence-electron chi connectivity index (χ3n) is 6.09. The third kappa shape index (κ3) is 4.00. The van der Waals surface area contributed by atoms with Crippen molar-refractivity contribution in [1.82, 2.24) is 9.88 Å². The lowest BCUT2D eigenvalue weighted by Gasteiger charge is -2.31. The average molecular weight is 419 g/mol. The van der Waals surface area contributed by atoms with Crippen molar-refractivity contribution in [3.05, 3.63) is 54.4 Å². The van der Waals surface area contributed by atoms with E-state index < -0.39 is 0 Å². The van der Waals surface area contributed by atoms with Gasteiger partial charge in [-0.25, -0.2) is 4.98 Å². The number of fused-ring (bicyclic) bond motifs is 2. The maximum atomic E-state index is 12.7. The fourth-order valence-electron chi connectivity index (χ4n) is 4.38. The lowest BCUT2D eigenvalue weighted by atomic mass is 9.96. The van der Waals surface area contributed by atoms with Crippen molar-refractivity contribution in [1.29, 1.82) is 0 Å². The molecule has 2 amide bonds. The van der Waals surface area contributed by atoms with Gasteiger partial charge in [-0.2, -0.15) is 0 Å². The zero-order valence-corrected chi connectivity index (χ0v) is 17.3. The van der Waals surface area contributed by atoms with Crippen LogP contribution in [0.15, 0.2) is 52.9 Å². The highest BCUT2D eigenvalue weighted by molar-refractivity contribution is 5.97. The number of aromatic nitrogens is 1. The Morgan fingerprint density at radius 3 is 2.52 bits per heavy atom. The maximum Gasteiger partial charge on any atom is 0.227 e. The smallest absolute Gasteiger partial charge is 0.227 e. The monoisotopic (exact) mass is 419 g/mol. The van der Waals surface area contributed by atoms with Crippen molar-refractivity contribution < 1.29 is 18.7 Å². The largest absolute Gasteiger partial charge is 0.490 e. The molecule has 5 rings (SSSR count). The molecule has 31 heavy (non-hydrogen) atoms. The Morgan fingerprint density at radius 2 is 1.68 bits per heavy atom. The normalized spacial score (nSPS) is 16.8.